The summed E-state index contributed by atoms with van der Waals surface area (Å²) in [5.41, 5.74) is 6.34. The number of aromatic nitrogens is 1. The number of hydrogen-bond donors (Lipinski definition) is 1. The highest BCUT2D eigenvalue weighted by Crippen LogP contribution is 2.28. The van der Waals surface area contributed by atoms with E-state index < -0.39 is 11.8 Å². The molecule has 0 fully saturated rings. The lowest BCUT2D eigenvalue weighted by atomic mass is 10.2. The molecule has 0 radical (unpaired) electrons. The van der Waals surface area contributed by atoms with Crippen molar-refractivity contribution in [3.63, 3.8) is 0 Å². The number of carbonyl (C=O) groups is 2. The van der Waals surface area contributed by atoms with Gasteiger partial charge in [-0.3, -0.25) is 9.59 Å². The van der Waals surface area contributed by atoms with Crippen LogP contribution in [0.3, 0.4) is 0 Å². The maximum absolute atomic E-state index is 12.7. The Labute approximate surface area is 176 Å². The number of amides is 2. The van der Waals surface area contributed by atoms with Gasteiger partial charge in [0.2, 0.25) is 0 Å². The van der Waals surface area contributed by atoms with Gasteiger partial charge in [-0.25, -0.2) is 0 Å². The number of primary amides is 1. The Morgan fingerprint density at radius 2 is 2.00 bits per heavy atom. The summed E-state index contributed by atoms with van der Waals surface area (Å²) >= 11 is 7.57. The van der Waals surface area contributed by atoms with E-state index in [2.05, 4.69) is 4.99 Å². The lowest BCUT2D eigenvalue weighted by molar-refractivity contribution is -0.119. The largest absolute Gasteiger partial charge is 0.493 e. The van der Waals surface area contributed by atoms with Crippen LogP contribution in [0.25, 0.3) is 0 Å². The summed E-state index contributed by atoms with van der Waals surface area (Å²) < 4.78 is 12.4. The van der Waals surface area contributed by atoms with E-state index in [1.54, 1.807) is 6.07 Å². The van der Waals surface area contributed by atoms with Gasteiger partial charge in [0, 0.05) is 22.2 Å². The lowest BCUT2D eigenvalue weighted by Gasteiger charge is -2.10. The first kappa shape index (κ1) is 20.6. The van der Waals surface area contributed by atoms with Crippen LogP contribution >= 0.6 is 22.9 Å². The van der Waals surface area contributed by atoms with E-state index in [0.29, 0.717) is 33.4 Å². The van der Waals surface area contributed by atoms with Gasteiger partial charge in [0.25, 0.3) is 11.8 Å². The van der Waals surface area contributed by atoms with Gasteiger partial charge in [-0.1, -0.05) is 29.8 Å². The van der Waals surface area contributed by atoms with E-state index >= 15 is 0 Å². The summed E-state index contributed by atoms with van der Waals surface area (Å²) in [5, 5.41) is 2.50. The van der Waals surface area contributed by atoms with Gasteiger partial charge in [-0.2, -0.15) is 4.99 Å². The van der Waals surface area contributed by atoms with Gasteiger partial charge in [0.05, 0.1) is 13.7 Å². The number of methoxy groups -OCH3 is 1. The number of ether oxygens (including phenoxy) is 2. The van der Waals surface area contributed by atoms with Crippen molar-refractivity contribution in [3.8, 4) is 11.5 Å². The molecule has 150 valence electrons. The first-order chi connectivity index (χ1) is 14.0. The van der Waals surface area contributed by atoms with Crippen LogP contribution in [0.2, 0.25) is 5.02 Å². The van der Waals surface area contributed by atoms with E-state index in [1.807, 2.05) is 40.4 Å². The first-order valence-electron chi connectivity index (χ1n) is 8.53. The highest BCUT2D eigenvalue weighted by Gasteiger charge is 2.12. The Morgan fingerprint density at radius 3 is 2.72 bits per heavy atom. The summed E-state index contributed by atoms with van der Waals surface area (Å²) in [5.74, 6) is -0.418. The number of rotatable bonds is 7. The number of thiazole rings is 1. The molecule has 3 rings (SSSR count). The van der Waals surface area contributed by atoms with Crippen molar-refractivity contribution in [2.24, 2.45) is 10.7 Å². The number of halogens is 1. The smallest absolute Gasteiger partial charge is 0.279 e. The maximum atomic E-state index is 12.7. The normalized spacial score (nSPS) is 11.3. The molecule has 0 atom stereocenters. The minimum absolute atomic E-state index is 0.286. The van der Waals surface area contributed by atoms with Crippen molar-refractivity contribution in [2.75, 3.05) is 13.7 Å². The molecule has 0 unspecified atom stereocenters. The topological polar surface area (TPSA) is 95.9 Å². The van der Waals surface area contributed by atoms with Crippen LogP contribution in [0.15, 0.2) is 59.0 Å². The Bertz CT molecular complexity index is 1110. The van der Waals surface area contributed by atoms with Crippen molar-refractivity contribution >= 4 is 34.8 Å². The molecule has 2 aromatic carbocycles. The predicted molar refractivity (Wildman–Crippen MR) is 110 cm³/mol. The van der Waals surface area contributed by atoms with Crippen LogP contribution < -0.4 is 20.0 Å². The van der Waals surface area contributed by atoms with Crippen molar-refractivity contribution < 1.29 is 19.1 Å². The fourth-order valence-corrected chi connectivity index (χ4v) is 3.46. The Hall–Kier alpha value is -3.10. The summed E-state index contributed by atoms with van der Waals surface area (Å²) in [6, 6.07) is 12.1. The van der Waals surface area contributed by atoms with Gasteiger partial charge >= 0.3 is 0 Å². The summed E-state index contributed by atoms with van der Waals surface area (Å²) in [7, 11) is 1.44. The van der Waals surface area contributed by atoms with Crippen LogP contribution in [-0.2, 0) is 11.3 Å². The van der Waals surface area contributed by atoms with Gasteiger partial charge < -0.3 is 19.8 Å². The molecule has 3 aromatic rings. The van der Waals surface area contributed by atoms with E-state index in [1.165, 1.54) is 30.6 Å². The number of carbonyl (C=O) groups excluding carboxylic acids is 2. The van der Waals surface area contributed by atoms with Crippen molar-refractivity contribution in [3.05, 3.63) is 75.0 Å². The van der Waals surface area contributed by atoms with Crippen molar-refractivity contribution in [2.45, 2.75) is 6.54 Å². The quantitative estimate of drug-likeness (QED) is 0.622. The highest BCUT2D eigenvalue weighted by atomic mass is 35.5. The van der Waals surface area contributed by atoms with E-state index in [9.17, 15) is 9.59 Å². The number of benzene rings is 2. The van der Waals surface area contributed by atoms with E-state index in [4.69, 9.17) is 26.8 Å². The fraction of sp³-hybridized carbons (Fsp3) is 0.150. The van der Waals surface area contributed by atoms with Gasteiger partial charge in [0.1, 0.15) is 0 Å². The molecule has 0 saturated heterocycles. The summed E-state index contributed by atoms with van der Waals surface area (Å²) in [6.07, 6.45) is 1.85. The molecule has 1 heterocycles. The number of nitrogens with two attached hydrogens (primary N) is 1. The number of nitrogens with zero attached hydrogens (tertiary/aromatic N) is 2. The fourth-order valence-electron chi connectivity index (χ4n) is 2.54. The van der Waals surface area contributed by atoms with Crippen LogP contribution in [0.1, 0.15) is 15.9 Å². The number of hydrogen-bond acceptors (Lipinski definition) is 5. The molecular weight excluding hydrogens is 414 g/mol. The van der Waals surface area contributed by atoms with E-state index in [0.717, 1.165) is 5.56 Å². The molecule has 7 nitrogen and oxygen atoms in total. The zero-order valence-corrected chi connectivity index (χ0v) is 17.1. The Balaban J connectivity index is 1.85. The standard InChI is InChI=1S/C20H18ClN3O4S/c1-27-17-10-13(6-7-16(17)28-12-18(22)25)19(26)23-20-24(8-9-29-20)11-14-4-2-3-5-15(14)21/h2-10H,11-12H2,1H3,(H2,22,25). The van der Waals surface area contributed by atoms with Gasteiger partial charge in [-0.05, 0) is 29.8 Å². The van der Waals surface area contributed by atoms with Crippen LogP contribution in [0, 0.1) is 0 Å². The molecule has 29 heavy (non-hydrogen) atoms. The highest BCUT2D eigenvalue weighted by molar-refractivity contribution is 7.07. The third-order valence-electron chi connectivity index (χ3n) is 3.94. The molecular formula is C20H18ClN3O4S. The average molecular weight is 432 g/mol. The lowest BCUT2D eigenvalue weighted by Crippen LogP contribution is -2.20. The molecule has 9 heteroatoms. The van der Waals surface area contributed by atoms with Crippen molar-refractivity contribution in [1.82, 2.24) is 4.57 Å². The van der Waals surface area contributed by atoms with Gasteiger partial charge in [0.15, 0.2) is 22.9 Å². The Kier molecular flexibility index (Phi) is 6.69. The van der Waals surface area contributed by atoms with Crippen LogP contribution in [0.5, 0.6) is 11.5 Å². The molecule has 2 amide bonds. The molecule has 0 aliphatic carbocycles. The molecule has 0 saturated carbocycles. The predicted octanol–water partition coefficient (Wildman–Crippen LogP) is 2.87. The van der Waals surface area contributed by atoms with Crippen LogP contribution in [-0.4, -0.2) is 30.1 Å². The average Bonchev–Trinajstić information content (AvgIpc) is 3.14. The third kappa shape index (κ3) is 5.24. The molecule has 2 N–H and O–H groups in total. The van der Waals surface area contributed by atoms with Crippen molar-refractivity contribution in [1.29, 1.82) is 0 Å². The molecule has 0 aliphatic heterocycles. The minimum atomic E-state index is -0.608. The van der Waals surface area contributed by atoms with Crippen LogP contribution in [0.4, 0.5) is 0 Å². The third-order valence-corrected chi connectivity index (χ3v) is 5.10. The SMILES string of the molecule is COc1cc(C(=O)N=c2sccn2Cc2ccccc2Cl)ccc1OCC(N)=O. The zero-order valence-electron chi connectivity index (χ0n) is 15.5. The zero-order chi connectivity index (χ0) is 20.8. The molecule has 1 aromatic heterocycles. The monoisotopic (exact) mass is 431 g/mol. The Morgan fingerprint density at radius 1 is 1.21 bits per heavy atom. The van der Waals surface area contributed by atoms with E-state index in [-0.39, 0.29) is 6.61 Å². The second-order valence-corrected chi connectivity index (χ2v) is 7.22. The summed E-state index contributed by atoms with van der Waals surface area (Å²) in [4.78, 5) is 28.3. The molecule has 0 bridgehead atoms. The molecule has 0 spiro atoms. The second-order valence-electron chi connectivity index (χ2n) is 5.94. The maximum Gasteiger partial charge on any atom is 0.279 e. The van der Waals surface area contributed by atoms with Gasteiger partial charge in [-0.15, -0.1) is 11.3 Å². The second kappa shape index (κ2) is 9.40. The minimum Gasteiger partial charge on any atom is -0.493 e. The first-order valence-corrected chi connectivity index (χ1v) is 9.79. The molecule has 0 aliphatic rings. The summed E-state index contributed by atoms with van der Waals surface area (Å²) in [6.45, 7) is 0.212.